The zero-order valence-electron chi connectivity index (χ0n) is 12.1. The van der Waals surface area contributed by atoms with E-state index in [0.717, 1.165) is 22.1 Å². The molecule has 2 heterocycles. The van der Waals surface area contributed by atoms with Crippen LogP contribution in [0.5, 0.6) is 0 Å². The van der Waals surface area contributed by atoms with Gasteiger partial charge in [-0.25, -0.2) is 0 Å². The van der Waals surface area contributed by atoms with E-state index in [1.165, 1.54) is 16.7 Å². The zero-order valence-corrected chi connectivity index (χ0v) is 15.3. The van der Waals surface area contributed by atoms with Gasteiger partial charge in [-0.2, -0.15) is 0 Å². The van der Waals surface area contributed by atoms with Gasteiger partial charge in [-0.1, -0.05) is 46.8 Å². The summed E-state index contributed by atoms with van der Waals surface area (Å²) in [6, 6.07) is 5.70. The summed E-state index contributed by atoms with van der Waals surface area (Å²) in [6.45, 7) is 2.65. The van der Waals surface area contributed by atoms with Gasteiger partial charge in [0, 0.05) is 23.6 Å². The first-order valence-electron chi connectivity index (χ1n) is 6.81. The third-order valence-corrected chi connectivity index (χ3v) is 5.66. The first-order chi connectivity index (χ1) is 10.5. The molecule has 0 unspecified atom stereocenters. The minimum absolute atomic E-state index is 0.121. The van der Waals surface area contributed by atoms with Gasteiger partial charge in [-0.05, 0) is 24.6 Å². The Balaban J connectivity index is 2.22. The highest BCUT2D eigenvalue weighted by Gasteiger charge is 2.40. The molecular formula is C15H13BrN2O2S2. The minimum Gasteiger partial charge on any atom is -0.308 e. The molecule has 0 aromatic heterocycles. The molecule has 1 aromatic rings. The highest BCUT2D eigenvalue weighted by atomic mass is 79.9. The van der Waals surface area contributed by atoms with E-state index in [0.29, 0.717) is 21.3 Å². The molecule has 0 saturated carbocycles. The Morgan fingerprint density at radius 3 is 2.59 bits per heavy atom. The summed E-state index contributed by atoms with van der Waals surface area (Å²) in [4.78, 5) is 28.8. The average molecular weight is 397 g/mol. The molecule has 0 spiro atoms. The van der Waals surface area contributed by atoms with Crippen LogP contribution in [0.4, 0.5) is 5.69 Å². The van der Waals surface area contributed by atoms with Crippen LogP contribution in [0.2, 0.25) is 0 Å². The second kappa shape index (κ2) is 5.79. The van der Waals surface area contributed by atoms with Gasteiger partial charge < -0.3 is 4.90 Å². The number of hydrogen-bond acceptors (Lipinski definition) is 4. The summed E-state index contributed by atoms with van der Waals surface area (Å²) in [7, 11) is 1.64. The van der Waals surface area contributed by atoms with Gasteiger partial charge in [-0.3, -0.25) is 14.5 Å². The first-order valence-corrected chi connectivity index (χ1v) is 8.83. The Bertz CT molecular complexity index is 745. The van der Waals surface area contributed by atoms with E-state index in [4.69, 9.17) is 12.2 Å². The summed E-state index contributed by atoms with van der Waals surface area (Å²) < 4.78 is 1.35. The van der Waals surface area contributed by atoms with Crippen molar-refractivity contribution in [1.82, 2.24) is 4.90 Å². The van der Waals surface area contributed by atoms with Gasteiger partial charge in [0.25, 0.3) is 11.8 Å². The van der Waals surface area contributed by atoms with Gasteiger partial charge in [0.15, 0.2) is 0 Å². The number of hydrogen-bond donors (Lipinski definition) is 0. The van der Waals surface area contributed by atoms with Gasteiger partial charge in [-0.15, -0.1) is 0 Å². The predicted molar refractivity (Wildman–Crippen MR) is 96.7 cm³/mol. The molecule has 1 saturated heterocycles. The maximum atomic E-state index is 12.8. The van der Waals surface area contributed by atoms with E-state index in [2.05, 4.69) is 15.9 Å². The van der Waals surface area contributed by atoms with Crippen molar-refractivity contribution in [3.8, 4) is 0 Å². The van der Waals surface area contributed by atoms with Crippen molar-refractivity contribution in [2.45, 2.75) is 13.3 Å². The molecule has 22 heavy (non-hydrogen) atoms. The number of thioether (sulfide) groups is 1. The number of amides is 2. The fraction of sp³-hybridized carbons (Fsp3) is 0.267. The molecule has 0 N–H and O–H groups in total. The number of carbonyl (C=O) groups is 2. The lowest BCUT2D eigenvalue weighted by Gasteiger charge is -2.15. The normalized spacial score (nSPS) is 21.1. The summed E-state index contributed by atoms with van der Waals surface area (Å²) in [5.41, 5.74) is 2.11. The van der Waals surface area contributed by atoms with Crippen molar-refractivity contribution in [1.29, 1.82) is 0 Å². The second-order valence-corrected chi connectivity index (χ2v) is 7.61. The van der Waals surface area contributed by atoms with Crippen molar-refractivity contribution in [3.05, 3.63) is 33.1 Å². The van der Waals surface area contributed by atoms with Crippen molar-refractivity contribution >= 4 is 67.3 Å². The van der Waals surface area contributed by atoms with E-state index >= 15 is 0 Å². The highest BCUT2D eigenvalue weighted by Crippen LogP contribution is 2.45. The molecular weight excluding hydrogens is 384 g/mol. The molecule has 3 rings (SSSR count). The lowest BCUT2D eigenvalue weighted by molar-refractivity contribution is -0.121. The van der Waals surface area contributed by atoms with Crippen LogP contribution in [0.25, 0.3) is 5.57 Å². The molecule has 2 aliphatic heterocycles. The van der Waals surface area contributed by atoms with Gasteiger partial charge >= 0.3 is 0 Å². The zero-order chi connectivity index (χ0) is 16.0. The van der Waals surface area contributed by atoms with Gasteiger partial charge in [0.1, 0.15) is 4.32 Å². The highest BCUT2D eigenvalue weighted by molar-refractivity contribution is 9.10. The summed E-state index contributed by atoms with van der Waals surface area (Å²) in [5.74, 6) is -0.327. The number of benzene rings is 1. The molecule has 1 fully saturated rings. The largest absolute Gasteiger partial charge is 0.308 e. The molecule has 7 heteroatoms. The lowest BCUT2D eigenvalue weighted by Crippen LogP contribution is -2.28. The van der Waals surface area contributed by atoms with Gasteiger partial charge in [0.2, 0.25) is 0 Å². The topological polar surface area (TPSA) is 40.6 Å². The maximum absolute atomic E-state index is 12.8. The van der Waals surface area contributed by atoms with Crippen LogP contribution in [-0.4, -0.2) is 34.6 Å². The fourth-order valence-electron chi connectivity index (χ4n) is 2.56. The number of nitrogens with zero attached hydrogens (tertiary/aromatic N) is 2. The number of anilines is 1. The fourth-order valence-corrected chi connectivity index (χ4v) is 4.17. The SMILES string of the molecule is CCCN1C(=O)C(=C2SC(=S)N(C)C2=O)c2cc(Br)ccc21. The molecule has 0 aliphatic carbocycles. The predicted octanol–water partition coefficient (Wildman–Crippen LogP) is 3.41. The van der Waals surface area contributed by atoms with E-state index in [1.54, 1.807) is 11.9 Å². The smallest absolute Gasteiger partial charge is 0.266 e. The molecule has 1 aromatic carbocycles. The first kappa shape index (κ1) is 15.7. The number of fused-ring (bicyclic) bond motifs is 1. The molecule has 2 amide bonds. The Morgan fingerprint density at radius 1 is 1.27 bits per heavy atom. The molecule has 0 atom stereocenters. The van der Waals surface area contributed by atoms with Crippen LogP contribution in [0.1, 0.15) is 18.9 Å². The average Bonchev–Trinajstić information content (AvgIpc) is 2.88. The third kappa shape index (κ3) is 2.31. The van der Waals surface area contributed by atoms with E-state index < -0.39 is 0 Å². The van der Waals surface area contributed by atoms with E-state index in [-0.39, 0.29) is 11.8 Å². The van der Waals surface area contributed by atoms with Crippen LogP contribution in [-0.2, 0) is 9.59 Å². The minimum atomic E-state index is -0.206. The van der Waals surface area contributed by atoms with E-state index in [1.807, 2.05) is 25.1 Å². The summed E-state index contributed by atoms with van der Waals surface area (Å²) >= 11 is 9.81. The molecule has 114 valence electrons. The van der Waals surface area contributed by atoms with Crippen molar-refractivity contribution in [2.75, 3.05) is 18.5 Å². The van der Waals surface area contributed by atoms with Crippen molar-refractivity contribution < 1.29 is 9.59 Å². The number of carbonyl (C=O) groups excluding carboxylic acids is 2. The molecule has 0 bridgehead atoms. The Morgan fingerprint density at radius 2 is 2.00 bits per heavy atom. The summed E-state index contributed by atoms with van der Waals surface area (Å²) in [5, 5.41) is 0. The Kier molecular flexibility index (Phi) is 4.13. The van der Waals surface area contributed by atoms with E-state index in [9.17, 15) is 9.59 Å². The standard InChI is InChI=1S/C15H13BrN2O2S2/c1-3-6-18-10-5-4-8(16)7-9(10)11(13(18)19)12-14(20)17(2)15(21)22-12/h4-5,7H,3,6H2,1-2H3. The van der Waals surface area contributed by atoms with Crippen molar-refractivity contribution in [3.63, 3.8) is 0 Å². The van der Waals surface area contributed by atoms with Crippen LogP contribution in [0.15, 0.2) is 27.6 Å². The number of rotatable bonds is 2. The Labute approximate surface area is 146 Å². The number of likely N-dealkylation sites (N-methyl/N-ethyl adjacent to an activating group) is 1. The molecule has 4 nitrogen and oxygen atoms in total. The van der Waals surface area contributed by atoms with Crippen LogP contribution in [0.3, 0.4) is 0 Å². The van der Waals surface area contributed by atoms with Crippen molar-refractivity contribution in [2.24, 2.45) is 0 Å². The van der Waals surface area contributed by atoms with Gasteiger partial charge in [0.05, 0.1) is 16.2 Å². The maximum Gasteiger partial charge on any atom is 0.266 e. The van der Waals surface area contributed by atoms with Crippen LogP contribution < -0.4 is 4.90 Å². The van der Waals surface area contributed by atoms with Crippen LogP contribution >= 0.6 is 39.9 Å². The van der Waals surface area contributed by atoms with Crippen LogP contribution in [0, 0.1) is 0 Å². The lowest BCUT2D eigenvalue weighted by atomic mass is 10.1. The quantitative estimate of drug-likeness (QED) is 0.567. The second-order valence-electron chi connectivity index (χ2n) is 5.05. The summed E-state index contributed by atoms with van der Waals surface area (Å²) in [6.07, 6.45) is 0.850. The molecule has 0 radical (unpaired) electrons. The number of halogens is 1. The monoisotopic (exact) mass is 396 g/mol. The Hall–Kier alpha value is -1.18. The third-order valence-electron chi connectivity index (χ3n) is 3.61. The number of thiocarbonyl (C=S) groups is 1. The molecule has 2 aliphatic rings.